The van der Waals surface area contributed by atoms with E-state index in [4.69, 9.17) is 22.1 Å². The zero-order valence-electron chi connectivity index (χ0n) is 20.8. The molecule has 2 aromatic rings. The Balaban J connectivity index is 1.16. The molecule has 0 radical (unpaired) electrons. The number of carbonyl (C=O) groups is 1. The van der Waals surface area contributed by atoms with Gasteiger partial charge in [-0.3, -0.25) is 9.58 Å². The zero-order chi connectivity index (χ0) is 24.4. The van der Waals surface area contributed by atoms with Crippen molar-refractivity contribution in [2.24, 2.45) is 13.0 Å². The highest BCUT2D eigenvalue weighted by molar-refractivity contribution is 7.80. The summed E-state index contributed by atoms with van der Waals surface area (Å²) in [5.74, 6) is 1.57. The SMILES string of the molecule is COC(=O)c1cccc(NC(=S)NC[C@H]2C[C@@H]3CCN2C[C@@H]3c2cc(C3CCCCC3)nn2C)c1. The number of fused-ring (bicyclic) bond motifs is 3. The predicted molar refractivity (Wildman–Crippen MR) is 142 cm³/mol. The van der Waals surface area contributed by atoms with E-state index in [1.165, 1.54) is 63.4 Å². The number of esters is 1. The molecule has 1 aliphatic carbocycles. The lowest BCUT2D eigenvalue weighted by Gasteiger charge is -2.50. The molecule has 0 spiro atoms. The number of piperidine rings is 3. The van der Waals surface area contributed by atoms with E-state index in [1.54, 1.807) is 12.1 Å². The average molecular weight is 496 g/mol. The van der Waals surface area contributed by atoms with Crippen LogP contribution in [0.1, 0.15) is 78.5 Å². The topological polar surface area (TPSA) is 71.4 Å². The molecule has 4 fully saturated rings. The van der Waals surface area contributed by atoms with E-state index in [9.17, 15) is 4.79 Å². The molecule has 6 rings (SSSR count). The molecule has 188 valence electrons. The van der Waals surface area contributed by atoms with Gasteiger partial charge < -0.3 is 15.4 Å². The predicted octanol–water partition coefficient (Wildman–Crippen LogP) is 4.42. The number of benzene rings is 1. The molecule has 1 aromatic heterocycles. The van der Waals surface area contributed by atoms with Crippen molar-refractivity contribution in [3.05, 3.63) is 47.3 Å². The first-order valence-electron chi connectivity index (χ1n) is 13.0. The number of aryl methyl sites for hydroxylation is 1. The third kappa shape index (κ3) is 5.38. The maximum Gasteiger partial charge on any atom is 0.337 e. The first-order chi connectivity index (χ1) is 17.0. The van der Waals surface area contributed by atoms with Crippen LogP contribution in [0.2, 0.25) is 0 Å². The van der Waals surface area contributed by atoms with E-state index in [2.05, 4.69) is 33.3 Å². The van der Waals surface area contributed by atoms with Gasteiger partial charge in [-0.05, 0) is 74.6 Å². The highest BCUT2D eigenvalue weighted by Gasteiger charge is 2.42. The number of thiocarbonyl (C=S) groups is 1. The molecule has 3 aliphatic heterocycles. The molecule has 0 amide bonds. The van der Waals surface area contributed by atoms with E-state index in [-0.39, 0.29) is 5.97 Å². The van der Waals surface area contributed by atoms with E-state index < -0.39 is 0 Å². The second-order valence-electron chi connectivity index (χ2n) is 10.4. The highest BCUT2D eigenvalue weighted by atomic mass is 32.1. The Kier molecular flexibility index (Phi) is 7.39. The summed E-state index contributed by atoms with van der Waals surface area (Å²) < 4.78 is 6.98. The second kappa shape index (κ2) is 10.7. The van der Waals surface area contributed by atoms with Crippen LogP contribution in [0.3, 0.4) is 0 Å². The summed E-state index contributed by atoms with van der Waals surface area (Å²) in [5.41, 5.74) is 4.03. The van der Waals surface area contributed by atoms with Gasteiger partial charge in [0.25, 0.3) is 0 Å². The Morgan fingerprint density at radius 2 is 2.03 bits per heavy atom. The van der Waals surface area contributed by atoms with Crippen molar-refractivity contribution in [2.45, 2.75) is 62.8 Å². The largest absolute Gasteiger partial charge is 0.465 e. The van der Waals surface area contributed by atoms with Crippen LogP contribution in [0.4, 0.5) is 5.69 Å². The van der Waals surface area contributed by atoms with Gasteiger partial charge in [-0.25, -0.2) is 4.79 Å². The van der Waals surface area contributed by atoms with Gasteiger partial charge in [0.2, 0.25) is 0 Å². The average Bonchev–Trinajstić information content (AvgIpc) is 3.29. The van der Waals surface area contributed by atoms with Crippen LogP contribution in [-0.2, 0) is 11.8 Å². The number of aromatic nitrogens is 2. The molecule has 8 heteroatoms. The summed E-state index contributed by atoms with van der Waals surface area (Å²) >= 11 is 5.54. The fraction of sp³-hybridized carbons (Fsp3) is 0.593. The van der Waals surface area contributed by atoms with E-state index in [0.717, 1.165) is 25.3 Å². The summed E-state index contributed by atoms with van der Waals surface area (Å²) in [4.78, 5) is 14.4. The Hall–Kier alpha value is -2.45. The molecular formula is C27H37N5O2S. The number of hydrogen-bond donors (Lipinski definition) is 2. The number of carbonyl (C=O) groups excluding carboxylic acids is 1. The van der Waals surface area contributed by atoms with Crippen LogP contribution in [0, 0.1) is 5.92 Å². The zero-order valence-corrected chi connectivity index (χ0v) is 21.7. The van der Waals surface area contributed by atoms with Crippen molar-refractivity contribution >= 4 is 29.0 Å². The van der Waals surface area contributed by atoms with Gasteiger partial charge >= 0.3 is 5.97 Å². The number of anilines is 1. The molecule has 35 heavy (non-hydrogen) atoms. The Morgan fingerprint density at radius 1 is 1.20 bits per heavy atom. The highest BCUT2D eigenvalue weighted by Crippen LogP contribution is 2.42. The number of nitrogens with one attached hydrogen (secondary N) is 2. The van der Waals surface area contributed by atoms with Crippen molar-refractivity contribution in [1.29, 1.82) is 0 Å². The van der Waals surface area contributed by atoms with Crippen LogP contribution >= 0.6 is 12.2 Å². The van der Waals surface area contributed by atoms with Gasteiger partial charge in [-0.15, -0.1) is 0 Å². The summed E-state index contributed by atoms with van der Waals surface area (Å²) in [6.07, 6.45) is 9.11. The van der Waals surface area contributed by atoms with Gasteiger partial charge in [-0.2, -0.15) is 5.10 Å². The first-order valence-corrected chi connectivity index (χ1v) is 13.4. The molecule has 4 atom stereocenters. The van der Waals surface area contributed by atoms with Crippen LogP contribution < -0.4 is 10.6 Å². The number of rotatable bonds is 6. The number of ether oxygens (including phenoxy) is 1. The van der Waals surface area contributed by atoms with Crippen LogP contribution in [0.15, 0.2) is 30.3 Å². The quantitative estimate of drug-likeness (QED) is 0.454. The standard InChI is InChI=1S/C27H37N5O2S/c1-31-25(15-24(30-31)18-7-4-3-5-8-18)23-17-32-12-11-19(23)14-22(32)16-28-27(35)29-21-10-6-9-20(13-21)26(33)34-2/h6,9-10,13,15,18-19,22-23H,3-5,7-8,11-12,14,16-17H2,1-2H3,(H2,28,29,35)/t19-,22+,23-/m0/s1. The molecular weight excluding hydrogens is 458 g/mol. The maximum atomic E-state index is 11.8. The van der Waals surface area contributed by atoms with Gasteiger partial charge in [-0.1, -0.05) is 25.3 Å². The Bertz CT molecular complexity index is 1060. The van der Waals surface area contributed by atoms with Crippen molar-refractivity contribution in [2.75, 3.05) is 32.1 Å². The minimum absolute atomic E-state index is 0.354. The molecule has 2 bridgehead atoms. The molecule has 1 aromatic carbocycles. The smallest absolute Gasteiger partial charge is 0.337 e. The van der Waals surface area contributed by atoms with Crippen LogP contribution in [0.5, 0.6) is 0 Å². The number of nitrogens with zero attached hydrogens (tertiary/aromatic N) is 3. The van der Waals surface area contributed by atoms with E-state index in [0.29, 0.717) is 34.5 Å². The molecule has 3 saturated heterocycles. The van der Waals surface area contributed by atoms with Gasteiger partial charge in [0.05, 0.1) is 18.4 Å². The van der Waals surface area contributed by atoms with E-state index >= 15 is 0 Å². The fourth-order valence-electron chi connectivity index (χ4n) is 6.36. The minimum atomic E-state index is -0.354. The number of hydrogen-bond acceptors (Lipinski definition) is 5. The monoisotopic (exact) mass is 495 g/mol. The molecule has 1 saturated carbocycles. The van der Waals surface area contributed by atoms with Gasteiger partial charge in [0, 0.05) is 49.4 Å². The van der Waals surface area contributed by atoms with Gasteiger partial charge in [0.15, 0.2) is 5.11 Å². The summed E-state index contributed by atoms with van der Waals surface area (Å²) in [7, 11) is 3.52. The van der Waals surface area contributed by atoms with Crippen molar-refractivity contribution in [3.8, 4) is 0 Å². The molecule has 7 nitrogen and oxygen atoms in total. The van der Waals surface area contributed by atoms with Crippen LogP contribution in [-0.4, -0.2) is 58.5 Å². The van der Waals surface area contributed by atoms with E-state index in [1.807, 2.05) is 12.1 Å². The normalized spacial score (nSPS) is 26.3. The lowest BCUT2D eigenvalue weighted by atomic mass is 9.74. The van der Waals surface area contributed by atoms with Crippen molar-refractivity contribution in [3.63, 3.8) is 0 Å². The third-order valence-electron chi connectivity index (χ3n) is 8.26. The minimum Gasteiger partial charge on any atom is -0.465 e. The summed E-state index contributed by atoms with van der Waals surface area (Å²) in [5, 5.41) is 12.2. The van der Waals surface area contributed by atoms with Crippen molar-refractivity contribution in [1.82, 2.24) is 20.0 Å². The van der Waals surface area contributed by atoms with Crippen LogP contribution in [0.25, 0.3) is 0 Å². The second-order valence-corrected chi connectivity index (χ2v) is 10.8. The lowest BCUT2D eigenvalue weighted by Crippen LogP contribution is -2.56. The molecule has 4 aliphatic rings. The Labute approximate surface area is 213 Å². The molecule has 2 N–H and O–H groups in total. The molecule has 4 heterocycles. The molecule has 1 unspecified atom stereocenters. The maximum absolute atomic E-state index is 11.8. The third-order valence-corrected chi connectivity index (χ3v) is 8.50. The van der Waals surface area contributed by atoms with Crippen molar-refractivity contribution < 1.29 is 9.53 Å². The summed E-state index contributed by atoms with van der Waals surface area (Å²) in [6, 6.07) is 10.1. The van der Waals surface area contributed by atoms with Gasteiger partial charge in [0.1, 0.15) is 0 Å². The fourth-order valence-corrected chi connectivity index (χ4v) is 6.56. The lowest BCUT2D eigenvalue weighted by molar-refractivity contribution is 0.0303. The first kappa shape index (κ1) is 24.3. The number of methoxy groups -OCH3 is 1. The summed E-state index contributed by atoms with van der Waals surface area (Å²) in [6.45, 7) is 3.08. The Morgan fingerprint density at radius 3 is 2.77 bits per heavy atom.